The molecule has 0 amide bonds. The van der Waals surface area contributed by atoms with E-state index in [2.05, 4.69) is 33.2 Å². The molecule has 1 saturated heterocycles. The molecule has 0 spiro atoms. The van der Waals surface area contributed by atoms with Gasteiger partial charge in [0.25, 0.3) is 0 Å². The number of anilines is 1. The smallest absolute Gasteiger partial charge is 0.145 e. The van der Waals surface area contributed by atoms with Crippen molar-refractivity contribution in [3.8, 4) is 0 Å². The van der Waals surface area contributed by atoms with Crippen molar-refractivity contribution in [3.63, 3.8) is 0 Å². The monoisotopic (exact) mass is 339 g/mol. The molecule has 1 aliphatic rings. The lowest BCUT2D eigenvalue weighted by Crippen LogP contribution is -2.33. The zero-order valence-corrected chi connectivity index (χ0v) is 14.6. The molecule has 2 N–H and O–H groups in total. The number of nitrogens with zero attached hydrogens (tertiary/aromatic N) is 4. The number of nitrogen functional groups attached to an aromatic ring is 1. The first-order valence-corrected chi connectivity index (χ1v) is 9.25. The van der Waals surface area contributed by atoms with Crippen LogP contribution in [0.3, 0.4) is 0 Å². The van der Waals surface area contributed by atoms with Crippen LogP contribution in [0, 0.1) is 6.92 Å². The van der Waals surface area contributed by atoms with Gasteiger partial charge in [-0.2, -0.15) is 0 Å². The molecule has 2 aromatic heterocycles. The molecular formula is C18H21N5S. The number of thiazole rings is 1. The summed E-state index contributed by atoms with van der Waals surface area (Å²) in [6, 6.07) is 6.52. The molecule has 1 unspecified atom stereocenters. The molecule has 24 heavy (non-hydrogen) atoms. The van der Waals surface area contributed by atoms with E-state index in [1.165, 1.54) is 23.4 Å². The average Bonchev–Trinajstić information content (AvgIpc) is 3.10. The fourth-order valence-electron chi connectivity index (χ4n) is 3.43. The molecule has 1 aliphatic heterocycles. The molecule has 0 aliphatic carbocycles. The first-order valence-electron chi connectivity index (χ1n) is 8.37. The second-order valence-electron chi connectivity index (χ2n) is 6.40. The van der Waals surface area contributed by atoms with Gasteiger partial charge in [0.1, 0.15) is 16.6 Å². The van der Waals surface area contributed by atoms with Crippen LogP contribution in [0.5, 0.6) is 0 Å². The van der Waals surface area contributed by atoms with E-state index in [0.717, 1.165) is 36.2 Å². The second kappa shape index (κ2) is 6.45. The number of hydrogen-bond donors (Lipinski definition) is 1. The zero-order chi connectivity index (χ0) is 16.5. The largest absolute Gasteiger partial charge is 0.383 e. The van der Waals surface area contributed by atoms with Gasteiger partial charge in [-0.05, 0) is 38.4 Å². The van der Waals surface area contributed by atoms with Gasteiger partial charge in [0.15, 0.2) is 0 Å². The summed E-state index contributed by atoms with van der Waals surface area (Å²) in [5.41, 5.74) is 8.27. The van der Waals surface area contributed by atoms with Gasteiger partial charge in [0.2, 0.25) is 0 Å². The van der Waals surface area contributed by atoms with Crippen molar-refractivity contribution in [2.45, 2.75) is 38.8 Å². The van der Waals surface area contributed by atoms with E-state index in [1.54, 1.807) is 11.3 Å². The van der Waals surface area contributed by atoms with Crippen molar-refractivity contribution < 1.29 is 0 Å². The third-order valence-corrected chi connectivity index (χ3v) is 5.50. The van der Waals surface area contributed by atoms with Gasteiger partial charge in [-0.15, -0.1) is 11.3 Å². The van der Waals surface area contributed by atoms with E-state index in [0.29, 0.717) is 11.9 Å². The number of rotatable bonds is 3. The highest BCUT2D eigenvalue weighted by molar-refractivity contribution is 7.09. The third-order valence-electron chi connectivity index (χ3n) is 4.62. The van der Waals surface area contributed by atoms with E-state index < -0.39 is 0 Å². The highest BCUT2D eigenvalue weighted by Crippen LogP contribution is 2.33. The molecule has 0 bridgehead atoms. The SMILES string of the molecule is Cc1ccc2nc(CN3CCCCC3c3nccs3)nc(N)c2c1. The third kappa shape index (κ3) is 2.99. The maximum absolute atomic E-state index is 6.18. The topological polar surface area (TPSA) is 67.9 Å². The molecule has 3 aromatic rings. The van der Waals surface area contributed by atoms with Crippen molar-refractivity contribution in [1.82, 2.24) is 19.9 Å². The number of likely N-dealkylation sites (tertiary alicyclic amines) is 1. The molecule has 124 valence electrons. The first-order chi connectivity index (χ1) is 11.7. The average molecular weight is 339 g/mol. The number of fused-ring (bicyclic) bond motifs is 1. The van der Waals surface area contributed by atoms with Gasteiger partial charge in [0.05, 0.1) is 18.1 Å². The summed E-state index contributed by atoms with van der Waals surface area (Å²) in [5.74, 6) is 1.37. The van der Waals surface area contributed by atoms with Gasteiger partial charge in [0, 0.05) is 17.0 Å². The van der Waals surface area contributed by atoms with Gasteiger partial charge >= 0.3 is 0 Å². The quantitative estimate of drug-likeness (QED) is 0.788. The van der Waals surface area contributed by atoms with Crippen molar-refractivity contribution in [2.75, 3.05) is 12.3 Å². The van der Waals surface area contributed by atoms with Crippen LogP contribution in [0.1, 0.15) is 41.7 Å². The fraction of sp³-hybridized carbons (Fsp3) is 0.389. The van der Waals surface area contributed by atoms with Crippen molar-refractivity contribution in [2.24, 2.45) is 0 Å². The molecule has 0 radical (unpaired) electrons. The Hall–Kier alpha value is -2.05. The van der Waals surface area contributed by atoms with Crippen LogP contribution >= 0.6 is 11.3 Å². The Kier molecular flexibility index (Phi) is 4.16. The predicted octanol–water partition coefficient (Wildman–Crippen LogP) is 3.70. The van der Waals surface area contributed by atoms with Gasteiger partial charge in [-0.3, -0.25) is 4.90 Å². The fourth-order valence-corrected chi connectivity index (χ4v) is 4.23. The number of aryl methyl sites for hydroxylation is 1. The van der Waals surface area contributed by atoms with Crippen LogP contribution in [0.4, 0.5) is 5.82 Å². The lowest BCUT2D eigenvalue weighted by molar-refractivity contribution is 0.137. The minimum absolute atomic E-state index is 0.372. The van der Waals surface area contributed by atoms with E-state index in [4.69, 9.17) is 10.7 Å². The lowest BCUT2D eigenvalue weighted by Gasteiger charge is -2.33. The number of nitrogens with two attached hydrogens (primary N) is 1. The van der Waals surface area contributed by atoms with Crippen molar-refractivity contribution >= 4 is 28.1 Å². The number of piperidine rings is 1. The summed E-state index contributed by atoms with van der Waals surface area (Å²) in [7, 11) is 0. The van der Waals surface area contributed by atoms with E-state index in [9.17, 15) is 0 Å². The summed E-state index contributed by atoms with van der Waals surface area (Å²) in [4.78, 5) is 16.3. The Morgan fingerprint density at radius 1 is 1.29 bits per heavy atom. The Morgan fingerprint density at radius 3 is 3.04 bits per heavy atom. The highest BCUT2D eigenvalue weighted by Gasteiger charge is 2.26. The van der Waals surface area contributed by atoms with E-state index in [1.807, 2.05) is 18.3 Å². The highest BCUT2D eigenvalue weighted by atomic mass is 32.1. The normalized spacial score (nSPS) is 19.0. The van der Waals surface area contributed by atoms with Crippen LogP contribution in [-0.2, 0) is 6.54 Å². The van der Waals surface area contributed by atoms with Crippen LogP contribution in [-0.4, -0.2) is 26.4 Å². The number of hydrogen-bond acceptors (Lipinski definition) is 6. The standard InChI is InChI=1S/C18H21N5S/c1-12-5-6-14-13(10-12)17(19)22-16(21-14)11-23-8-3-2-4-15(23)18-20-7-9-24-18/h5-7,9-10,15H,2-4,8,11H2,1H3,(H2,19,21,22). The molecular weight excluding hydrogens is 318 g/mol. The Balaban J connectivity index is 1.64. The summed E-state index contributed by atoms with van der Waals surface area (Å²) in [6.07, 6.45) is 5.50. The molecule has 3 heterocycles. The molecule has 1 aromatic carbocycles. The van der Waals surface area contributed by atoms with Gasteiger partial charge in [-0.1, -0.05) is 18.1 Å². The molecule has 1 fully saturated rings. The molecule has 0 saturated carbocycles. The van der Waals surface area contributed by atoms with Crippen LogP contribution in [0.25, 0.3) is 10.9 Å². The number of aromatic nitrogens is 3. The second-order valence-corrected chi connectivity index (χ2v) is 7.32. The molecule has 6 heteroatoms. The zero-order valence-electron chi connectivity index (χ0n) is 13.8. The van der Waals surface area contributed by atoms with Crippen LogP contribution < -0.4 is 5.73 Å². The summed E-state index contributed by atoms with van der Waals surface area (Å²) >= 11 is 1.73. The minimum atomic E-state index is 0.372. The predicted molar refractivity (Wildman–Crippen MR) is 97.8 cm³/mol. The van der Waals surface area contributed by atoms with Gasteiger partial charge in [-0.25, -0.2) is 15.0 Å². The molecule has 5 nitrogen and oxygen atoms in total. The van der Waals surface area contributed by atoms with E-state index in [-0.39, 0.29) is 0 Å². The number of benzene rings is 1. The molecule has 1 atom stereocenters. The Morgan fingerprint density at radius 2 is 2.21 bits per heavy atom. The summed E-state index contributed by atoms with van der Waals surface area (Å²) < 4.78 is 0. The Bertz CT molecular complexity index is 846. The first kappa shape index (κ1) is 15.5. The molecule has 4 rings (SSSR count). The summed E-state index contributed by atoms with van der Waals surface area (Å²) in [5, 5.41) is 4.18. The van der Waals surface area contributed by atoms with Gasteiger partial charge < -0.3 is 5.73 Å². The maximum atomic E-state index is 6.18. The Labute approximate surface area is 145 Å². The van der Waals surface area contributed by atoms with Crippen LogP contribution in [0.2, 0.25) is 0 Å². The van der Waals surface area contributed by atoms with Crippen molar-refractivity contribution in [3.05, 3.63) is 46.2 Å². The van der Waals surface area contributed by atoms with Crippen LogP contribution in [0.15, 0.2) is 29.8 Å². The van der Waals surface area contributed by atoms with E-state index >= 15 is 0 Å². The summed E-state index contributed by atoms with van der Waals surface area (Å²) in [6.45, 7) is 3.83. The van der Waals surface area contributed by atoms with Crippen molar-refractivity contribution in [1.29, 1.82) is 0 Å². The lowest BCUT2D eigenvalue weighted by atomic mass is 10.0. The minimum Gasteiger partial charge on any atom is -0.383 e. The maximum Gasteiger partial charge on any atom is 0.145 e.